The number of anilines is 1. The molecule has 0 saturated heterocycles. The van der Waals surface area contributed by atoms with E-state index in [1.54, 1.807) is 0 Å². The predicted molar refractivity (Wildman–Crippen MR) is 66.2 cm³/mol. The van der Waals surface area contributed by atoms with Crippen molar-refractivity contribution in [1.29, 1.82) is 0 Å². The van der Waals surface area contributed by atoms with E-state index in [4.69, 9.17) is 0 Å². The van der Waals surface area contributed by atoms with E-state index in [0.29, 0.717) is 11.0 Å². The topological polar surface area (TPSA) is 52.6 Å². The van der Waals surface area contributed by atoms with Gasteiger partial charge in [0.05, 0.1) is 35.1 Å². The van der Waals surface area contributed by atoms with Gasteiger partial charge in [0, 0.05) is 5.56 Å². The number of carbonyl (C=O) groups is 1. The van der Waals surface area contributed by atoms with Crippen LogP contribution in [0.4, 0.5) is 28.0 Å². The number of amides is 2. The highest BCUT2D eigenvalue weighted by atomic mass is 127. The first kappa shape index (κ1) is 14.3. The molecule has 2 amide bonds. The highest BCUT2D eigenvalue weighted by Gasteiger charge is 2.61. The summed E-state index contributed by atoms with van der Waals surface area (Å²) in [6.07, 6.45) is -5.02. The molecule has 1 atom stereocenters. The van der Waals surface area contributed by atoms with Crippen LogP contribution in [0.2, 0.25) is 0 Å². The molecule has 0 radical (unpaired) electrons. The zero-order valence-corrected chi connectivity index (χ0v) is 11.3. The number of rotatable bonds is 0. The first-order valence-electron chi connectivity index (χ1n) is 4.98. The zero-order valence-electron chi connectivity index (χ0n) is 9.13. The minimum absolute atomic E-state index is 0.171. The van der Waals surface area contributed by atoms with Gasteiger partial charge in [-0.3, -0.25) is 8.43 Å². The molecule has 1 heterocycles. The van der Waals surface area contributed by atoms with Crippen molar-refractivity contribution in [1.82, 2.24) is 3.53 Å². The van der Waals surface area contributed by atoms with Crippen molar-refractivity contribution in [3.05, 3.63) is 29.6 Å². The smallest absolute Gasteiger partial charge is 0.375 e. The molecule has 104 valence electrons. The lowest BCUT2D eigenvalue weighted by atomic mass is 9.95. The molecule has 2 N–H and O–H groups in total. The summed E-state index contributed by atoms with van der Waals surface area (Å²) in [5, 5.41) is 9.80. The van der Waals surface area contributed by atoms with Gasteiger partial charge in [-0.15, -0.1) is 0 Å². The largest absolute Gasteiger partial charge is 0.423 e. The molecule has 4 nitrogen and oxygen atoms in total. The lowest BCUT2D eigenvalue weighted by molar-refractivity contribution is -0.258. The second-order valence-electron chi connectivity index (χ2n) is 4.01. The standard InChI is InChI=1S/C10H7F4IN2O2/c11-5-1-2-7-6(3-5)9(19,10(12,13)14)4-17(7)8(18)16-15/h1-3,19H,4H2,(H,16,18)/t9-/m0/s1. The lowest BCUT2D eigenvalue weighted by Gasteiger charge is -2.26. The fourth-order valence-electron chi connectivity index (χ4n) is 1.95. The van der Waals surface area contributed by atoms with E-state index < -0.39 is 35.7 Å². The number of carbonyl (C=O) groups excluding carboxylic acids is 1. The third-order valence-electron chi connectivity index (χ3n) is 2.88. The van der Waals surface area contributed by atoms with Crippen LogP contribution in [0.15, 0.2) is 18.2 Å². The van der Waals surface area contributed by atoms with E-state index in [0.717, 1.165) is 12.1 Å². The second-order valence-corrected chi connectivity index (χ2v) is 4.54. The maximum Gasteiger partial charge on any atom is 0.423 e. The molecule has 0 saturated carbocycles. The summed E-state index contributed by atoms with van der Waals surface area (Å²) in [6.45, 7) is -1.01. The Labute approximate surface area is 118 Å². The van der Waals surface area contributed by atoms with E-state index in [-0.39, 0.29) is 5.69 Å². The number of urea groups is 1. The Bertz CT molecular complexity index is 537. The summed E-state index contributed by atoms with van der Waals surface area (Å²) in [5.74, 6) is -0.918. The summed E-state index contributed by atoms with van der Waals surface area (Å²) in [6, 6.07) is 1.71. The SMILES string of the molecule is O=C(NI)N1C[C@@](O)(C(F)(F)F)c2cc(F)ccc21. The summed E-state index contributed by atoms with van der Waals surface area (Å²) in [4.78, 5) is 12.2. The second kappa shape index (κ2) is 4.47. The molecule has 0 fully saturated rings. The summed E-state index contributed by atoms with van der Waals surface area (Å²) < 4.78 is 54.1. The predicted octanol–water partition coefficient (Wildman–Crippen LogP) is 2.46. The maximum atomic E-state index is 13.1. The van der Waals surface area contributed by atoms with Crippen LogP contribution in [-0.2, 0) is 5.60 Å². The van der Waals surface area contributed by atoms with E-state index in [9.17, 15) is 27.5 Å². The molecule has 2 rings (SSSR count). The number of hydrogen-bond acceptors (Lipinski definition) is 2. The van der Waals surface area contributed by atoms with Gasteiger partial charge in [-0.25, -0.2) is 9.18 Å². The molecule has 19 heavy (non-hydrogen) atoms. The fraction of sp³-hybridized carbons (Fsp3) is 0.300. The third kappa shape index (κ3) is 2.14. The molecule has 0 bridgehead atoms. The van der Waals surface area contributed by atoms with E-state index >= 15 is 0 Å². The first-order valence-corrected chi connectivity index (χ1v) is 6.06. The van der Waals surface area contributed by atoms with Crippen LogP contribution >= 0.6 is 22.9 Å². The number of β-amino-alcohol motifs (C(OH)–C–C–N with tert-alkyl or cyclic N) is 1. The number of fused-ring (bicyclic) bond motifs is 1. The van der Waals surface area contributed by atoms with Gasteiger partial charge in [0.15, 0.2) is 0 Å². The summed E-state index contributed by atoms with van der Waals surface area (Å²) in [7, 11) is 0. The third-order valence-corrected chi connectivity index (χ3v) is 3.34. The van der Waals surface area contributed by atoms with Crippen molar-refractivity contribution in [3.63, 3.8) is 0 Å². The van der Waals surface area contributed by atoms with E-state index in [2.05, 4.69) is 3.53 Å². The van der Waals surface area contributed by atoms with Gasteiger partial charge in [0.1, 0.15) is 5.82 Å². The molecule has 1 aliphatic heterocycles. The lowest BCUT2D eigenvalue weighted by Crippen LogP contribution is -2.48. The highest BCUT2D eigenvalue weighted by molar-refractivity contribution is 14.1. The molecule has 9 heteroatoms. The van der Waals surface area contributed by atoms with Gasteiger partial charge >= 0.3 is 12.2 Å². The van der Waals surface area contributed by atoms with Gasteiger partial charge in [-0.05, 0) is 18.2 Å². The number of aliphatic hydroxyl groups is 1. The van der Waals surface area contributed by atoms with Crippen LogP contribution in [0.3, 0.4) is 0 Å². The monoisotopic (exact) mass is 390 g/mol. The Morgan fingerprint density at radius 2 is 2.11 bits per heavy atom. The van der Waals surface area contributed by atoms with Crippen molar-refractivity contribution >= 4 is 34.6 Å². The molecular formula is C10H7F4IN2O2. The van der Waals surface area contributed by atoms with Crippen LogP contribution < -0.4 is 8.43 Å². The van der Waals surface area contributed by atoms with Gasteiger partial charge in [0.2, 0.25) is 5.60 Å². The van der Waals surface area contributed by atoms with Crippen molar-refractivity contribution < 1.29 is 27.5 Å². The van der Waals surface area contributed by atoms with Crippen molar-refractivity contribution in [2.45, 2.75) is 11.8 Å². The molecule has 0 spiro atoms. The number of halogens is 5. The van der Waals surface area contributed by atoms with Crippen LogP contribution in [0.25, 0.3) is 0 Å². The number of benzene rings is 1. The molecule has 0 aliphatic carbocycles. The zero-order chi connectivity index (χ0) is 14.4. The minimum atomic E-state index is -5.02. The quantitative estimate of drug-likeness (QED) is 0.407. The van der Waals surface area contributed by atoms with Crippen LogP contribution in [-0.4, -0.2) is 23.9 Å². The average Bonchev–Trinajstić information content (AvgIpc) is 2.62. The highest BCUT2D eigenvalue weighted by Crippen LogP contribution is 2.48. The van der Waals surface area contributed by atoms with Gasteiger partial charge in [-0.2, -0.15) is 13.2 Å². The van der Waals surface area contributed by atoms with Crippen molar-refractivity contribution in [3.8, 4) is 0 Å². The summed E-state index contributed by atoms with van der Waals surface area (Å²) >= 11 is 1.46. The number of nitrogens with zero attached hydrogens (tertiary/aromatic N) is 1. The number of alkyl halides is 3. The van der Waals surface area contributed by atoms with E-state index in [1.807, 2.05) is 0 Å². The molecule has 1 aliphatic rings. The minimum Gasteiger partial charge on any atom is -0.375 e. The molecule has 0 aromatic heterocycles. The fourth-order valence-corrected chi connectivity index (χ4v) is 2.24. The Hall–Kier alpha value is -1.10. The number of nitrogens with one attached hydrogen (secondary N) is 1. The number of hydrogen-bond donors (Lipinski definition) is 2. The Balaban J connectivity index is 2.61. The molecular weight excluding hydrogens is 383 g/mol. The maximum absolute atomic E-state index is 13.1. The van der Waals surface area contributed by atoms with Gasteiger partial charge in [0.25, 0.3) is 0 Å². The Morgan fingerprint density at radius 1 is 1.47 bits per heavy atom. The van der Waals surface area contributed by atoms with Crippen LogP contribution in [0.1, 0.15) is 5.56 Å². The Kier molecular flexibility index (Phi) is 3.37. The van der Waals surface area contributed by atoms with Crippen molar-refractivity contribution in [2.75, 3.05) is 11.4 Å². The van der Waals surface area contributed by atoms with Crippen LogP contribution in [0.5, 0.6) is 0 Å². The van der Waals surface area contributed by atoms with E-state index in [1.165, 1.54) is 22.9 Å². The van der Waals surface area contributed by atoms with Crippen molar-refractivity contribution in [2.24, 2.45) is 0 Å². The Morgan fingerprint density at radius 3 is 2.63 bits per heavy atom. The van der Waals surface area contributed by atoms with Gasteiger partial charge < -0.3 is 5.11 Å². The molecule has 0 unspecified atom stereocenters. The average molecular weight is 390 g/mol. The molecule has 1 aromatic carbocycles. The normalized spacial score (nSPS) is 22.3. The first-order chi connectivity index (χ1) is 8.70. The van der Waals surface area contributed by atoms with Crippen LogP contribution in [0, 0.1) is 5.82 Å². The molecule has 1 aromatic rings. The summed E-state index contributed by atoms with van der Waals surface area (Å²) in [5.41, 5.74) is -4.11. The van der Waals surface area contributed by atoms with Gasteiger partial charge in [-0.1, -0.05) is 0 Å².